The minimum atomic E-state index is -2.81. The SMILES string of the molecule is O=C(c1c(F)ccc(I)c1F)N1CCC(F)(F)CC1. The van der Waals surface area contributed by atoms with Gasteiger partial charge in [-0.1, -0.05) is 0 Å². The van der Waals surface area contributed by atoms with Gasteiger partial charge in [-0.05, 0) is 34.7 Å². The van der Waals surface area contributed by atoms with Crippen LogP contribution in [0, 0.1) is 15.2 Å². The van der Waals surface area contributed by atoms with Gasteiger partial charge in [-0.15, -0.1) is 0 Å². The lowest BCUT2D eigenvalue weighted by Gasteiger charge is -2.31. The Kier molecular flexibility index (Phi) is 4.03. The molecule has 0 spiro atoms. The van der Waals surface area contributed by atoms with E-state index in [1.807, 2.05) is 0 Å². The number of amides is 1. The van der Waals surface area contributed by atoms with Crippen molar-refractivity contribution in [2.75, 3.05) is 13.1 Å². The Balaban J connectivity index is 2.24. The highest BCUT2D eigenvalue weighted by molar-refractivity contribution is 14.1. The minimum Gasteiger partial charge on any atom is -0.338 e. The fraction of sp³-hybridized carbons (Fsp3) is 0.417. The third-order valence-corrected chi connectivity index (χ3v) is 3.87. The average Bonchev–Trinajstić information content (AvgIpc) is 2.34. The van der Waals surface area contributed by atoms with Crippen molar-refractivity contribution in [2.24, 2.45) is 0 Å². The van der Waals surface area contributed by atoms with Crippen molar-refractivity contribution >= 4 is 28.5 Å². The van der Waals surface area contributed by atoms with E-state index in [9.17, 15) is 22.4 Å². The van der Waals surface area contributed by atoms with Crippen molar-refractivity contribution in [3.63, 3.8) is 0 Å². The molecule has 0 aromatic heterocycles. The van der Waals surface area contributed by atoms with E-state index in [1.54, 1.807) is 22.6 Å². The van der Waals surface area contributed by atoms with Gasteiger partial charge in [0.15, 0.2) is 5.82 Å². The topological polar surface area (TPSA) is 20.3 Å². The van der Waals surface area contributed by atoms with Crippen molar-refractivity contribution in [2.45, 2.75) is 18.8 Å². The predicted molar refractivity (Wildman–Crippen MR) is 69.2 cm³/mol. The molecule has 1 aliphatic rings. The number of halogens is 5. The normalized spacial score (nSPS) is 18.5. The number of alkyl halides is 2. The van der Waals surface area contributed by atoms with Gasteiger partial charge in [0.1, 0.15) is 11.4 Å². The van der Waals surface area contributed by atoms with Gasteiger partial charge in [-0.3, -0.25) is 4.79 Å². The second kappa shape index (κ2) is 5.26. The maximum atomic E-state index is 13.8. The smallest absolute Gasteiger partial charge is 0.259 e. The standard InChI is InChI=1S/C12H10F4INO/c13-7-1-2-8(17)10(14)9(7)11(19)18-5-3-12(15,16)4-6-18/h1-2H,3-6H2. The predicted octanol–water partition coefficient (Wildman–Crippen LogP) is 3.44. The molecule has 7 heteroatoms. The molecule has 0 saturated carbocycles. The van der Waals surface area contributed by atoms with Crippen LogP contribution in [0.15, 0.2) is 12.1 Å². The molecule has 0 unspecified atom stereocenters. The molecule has 2 rings (SSSR count). The highest BCUT2D eigenvalue weighted by atomic mass is 127. The molecule has 1 aliphatic heterocycles. The zero-order chi connectivity index (χ0) is 14.2. The van der Waals surface area contributed by atoms with Crippen molar-refractivity contribution in [1.29, 1.82) is 0 Å². The van der Waals surface area contributed by atoms with Gasteiger partial charge in [-0.2, -0.15) is 0 Å². The van der Waals surface area contributed by atoms with E-state index < -0.39 is 41.9 Å². The third-order valence-electron chi connectivity index (χ3n) is 3.04. The van der Waals surface area contributed by atoms with Crippen LogP contribution in [0.2, 0.25) is 0 Å². The highest BCUT2D eigenvalue weighted by Gasteiger charge is 2.37. The molecule has 0 N–H and O–H groups in total. The van der Waals surface area contributed by atoms with Crippen molar-refractivity contribution in [3.8, 4) is 0 Å². The zero-order valence-electron chi connectivity index (χ0n) is 9.73. The maximum absolute atomic E-state index is 13.8. The van der Waals surface area contributed by atoms with Crippen LogP contribution in [0.3, 0.4) is 0 Å². The lowest BCUT2D eigenvalue weighted by atomic mass is 10.1. The van der Waals surface area contributed by atoms with E-state index in [0.29, 0.717) is 0 Å². The third kappa shape index (κ3) is 3.01. The first kappa shape index (κ1) is 14.5. The summed E-state index contributed by atoms with van der Waals surface area (Å²) in [6, 6.07) is 2.21. The summed E-state index contributed by atoms with van der Waals surface area (Å²) < 4.78 is 53.4. The van der Waals surface area contributed by atoms with Crippen LogP contribution in [0.1, 0.15) is 23.2 Å². The summed E-state index contributed by atoms with van der Waals surface area (Å²) in [7, 11) is 0. The summed E-state index contributed by atoms with van der Waals surface area (Å²) in [4.78, 5) is 13.1. The number of hydrogen-bond acceptors (Lipinski definition) is 1. The van der Waals surface area contributed by atoms with Gasteiger partial charge in [0.25, 0.3) is 11.8 Å². The second-order valence-corrected chi connectivity index (χ2v) is 5.53. The van der Waals surface area contributed by atoms with Gasteiger partial charge < -0.3 is 4.90 Å². The summed E-state index contributed by atoms with van der Waals surface area (Å²) in [5, 5.41) is 0. The zero-order valence-corrected chi connectivity index (χ0v) is 11.9. The molecule has 0 bridgehead atoms. The molecule has 1 aromatic rings. The largest absolute Gasteiger partial charge is 0.338 e. The number of carbonyl (C=O) groups excluding carboxylic acids is 1. The number of benzene rings is 1. The fourth-order valence-corrected chi connectivity index (χ4v) is 2.37. The highest BCUT2D eigenvalue weighted by Crippen LogP contribution is 2.29. The van der Waals surface area contributed by atoms with Gasteiger partial charge in [0.2, 0.25) is 0 Å². The number of likely N-dealkylation sites (tertiary alicyclic amines) is 1. The molecule has 1 fully saturated rings. The number of nitrogens with zero attached hydrogens (tertiary/aromatic N) is 1. The summed E-state index contributed by atoms with van der Waals surface area (Å²) in [6.07, 6.45) is -0.961. The number of rotatable bonds is 1. The van der Waals surface area contributed by atoms with Crippen molar-refractivity contribution in [1.82, 2.24) is 4.90 Å². The number of carbonyl (C=O) groups is 1. The molecule has 0 atom stereocenters. The van der Waals surface area contributed by atoms with Crippen LogP contribution in [0.4, 0.5) is 17.6 Å². The van der Waals surface area contributed by atoms with E-state index in [2.05, 4.69) is 0 Å². The Bertz CT molecular complexity index is 511. The Morgan fingerprint density at radius 2 is 1.79 bits per heavy atom. The summed E-state index contributed by atoms with van der Waals surface area (Å²) in [5.41, 5.74) is -0.669. The number of piperidine rings is 1. The van der Waals surface area contributed by atoms with Crippen molar-refractivity contribution < 1.29 is 22.4 Å². The minimum absolute atomic E-state index is 0.115. The number of hydrogen-bond donors (Lipinski definition) is 0. The lowest BCUT2D eigenvalue weighted by Crippen LogP contribution is -2.43. The average molecular weight is 387 g/mol. The van der Waals surface area contributed by atoms with Crippen LogP contribution in [0.5, 0.6) is 0 Å². The molecular weight excluding hydrogens is 377 g/mol. The molecule has 104 valence electrons. The van der Waals surface area contributed by atoms with E-state index in [1.165, 1.54) is 6.07 Å². The summed E-state index contributed by atoms with van der Waals surface area (Å²) in [6.45, 7) is -0.396. The molecule has 1 amide bonds. The van der Waals surface area contributed by atoms with Crippen LogP contribution in [0.25, 0.3) is 0 Å². The summed E-state index contributed by atoms with van der Waals surface area (Å²) >= 11 is 1.64. The quantitative estimate of drug-likeness (QED) is 0.411. The van der Waals surface area contributed by atoms with E-state index in [4.69, 9.17) is 0 Å². The Labute approximate surface area is 120 Å². The first-order valence-electron chi connectivity index (χ1n) is 5.62. The van der Waals surface area contributed by atoms with Crippen molar-refractivity contribution in [3.05, 3.63) is 32.9 Å². The molecule has 0 aliphatic carbocycles. The van der Waals surface area contributed by atoms with E-state index >= 15 is 0 Å². The molecule has 0 radical (unpaired) electrons. The molecule has 1 saturated heterocycles. The van der Waals surface area contributed by atoms with Crippen LogP contribution in [-0.4, -0.2) is 29.8 Å². The van der Waals surface area contributed by atoms with Gasteiger partial charge in [0, 0.05) is 29.5 Å². The lowest BCUT2D eigenvalue weighted by molar-refractivity contribution is -0.0495. The van der Waals surface area contributed by atoms with Crippen LogP contribution >= 0.6 is 22.6 Å². The Morgan fingerprint density at radius 1 is 1.21 bits per heavy atom. The molecule has 19 heavy (non-hydrogen) atoms. The monoisotopic (exact) mass is 387 g/mol. The summed E-state index contributed by atoms with van der Waals surface area (Å²) in [5.74, 6) is -5.59. The Hall–Kier alpha value is -0.860. The fourth-order valence-electron chi connectivity index (χ4n) is 1.92. The van der Waals surface area contributed by atoms with Gasteiger partial charge in [-0.25, -0.2) is 17.6 Å². The van der Waals surface area contributed by atoms with Crippen LogP contribution in [-0.2, 0) is 0 Å². The molecular formula is C12H10F4INO. The second-order valence-electron chi connectivity index (χ2n) is 4.37. The molecule has 1 aromatic carbocycles. The van der Waals surface area contributed by atoms with E-state index in [-0.39, 0.29) is 16.7 Å². The van der Waals surface area contributed by atoms with Gasteiger partial charge >= 0.3 is 0 Å². The van der Waals surface area contributed by atoms with Gasteiger partial charge in [0.05, 0.1) is 0 Å². The first-order valence-corrected chi connectivity index (χ1v) is 6.70. The first-order chi connectivity index (χ1) is 8.82. The maximum Gasteiger partial charge on any atom is 0.259 e. The molecule has 2 nitrogen and oxygen atoms in total. The molecule has 1 heterocycles. The van der Waals surface area contributed by atoms with Crippen LogP contribution < -0.4 is 0 Å². The van der Waals surface area contributed by atoms with E-state index in [0.717, 1.165) is 11.0 Å². The Morgan fingerprint density at radius 3 is 2.37 bits per heavy atom.